The number of nitrogens with zero attached hydrogens (tertiary/aromatic N) is 1. The van der Waals surface area contributed by atoms with E-state index >= 15 is 0 Å². The number of hydrogen-bond donors (Lipinski definition) is 2. The number of amides is 1. The number of carbonyl (C=O) groups is 1. The highest BCUT2D eigenvalue weighted by atomic mass is 16.3. The molecule has 1 amide bonds. The second kappa shape index (κ2) is 3.42. The van der Waals surface area contributed by atoms with Crippen LogP contribution in [0.25, 0.3) is 0 Å². The quantitative estimate of drug-likeness (QED) is 0.461. The van der Waals surface area contributed by atoms with E-state index in [2.05, 4.69) is 0 Å². The van der Waals surface area contributed by atoms with E-state index in [1.807, 2.05) is 0 Å². The molecule has 0 rings (SSSR count). The van der Waals surface area contributed by atoms with Crippen molar-refractivity contribution < 1.29 is 9.90 Å². The van der Waals surface area contributed by atoms with E-state index in [1.165, 1.54) is 4.90 Å². The minimum absolute atomic E-state index is 0.00694. The van der Waals surface area contributed by atoms with Crippen LogP contribution in [0, 0.1) is 0 Å². The van der Waals surface area contributed by atoms with E-state index in [0.717, 1.165) is 0 Å². The van der Waals surface area contributed by atoms with Crippen LogP contribution in [0.4, 0.5) is 0 Å². The fourth-order valence-electron chi connectivity index (χ4n) is 0.361. The Morgan fingerprint density at radius 2 is 2.22 bits per heavy atom. The van der Waals surface area contributed by atoms with Crippen LogP contribution in [0.5, 0.6) is 0 Å². The zero-order chi connectivity index (χ0) is 7.44. The molecule has 0 spiro atoms. The third kappa shape index (κ3) is 3.93. The molecule has 0 saturated carbocycles. The minimum Gasteiger partial charge on any atom is -0.378 e. The first-order chi connectivity index (χ1) is 4.04. The molecule has 0 aliphatic heterocycles. The van der Waals surface area contributed by atoms with Gasteiger partial charge in [0.15, 0.2) is 0 Å². The van der Waals surface area contributed by atoms with Crippen LogP contribution in [-0.2, 0) is 4.79 Å². The molecule has 0 bridgehead atoms. The fourth-order valence-corrected chi connectivity index (χ4v) is 0.361. The van der Waals surface area contributed by atoms with E-state index in [0.29, 0.717) is 0 Å². The summed E-state index contributed by atoms with van der Waals surface area (Å²) in [6.45, 7) is 0. The lowest BCUT2D eigenvalue weighted by atomic mass is 10.3. The van der Waals surface area contributed by atoms with Crippen molar-refractivity contribution in [1.29, 1.82) is 0 Å². The lowest BCUT2D eigenvalue weighted by Gasteiger charge is -2.10. The molecule has 0 saturated heterocycles. The van der Waals surface area contributed by atoms with Crippen LogP contribution in [0.2, 0.25) is 0 Å². The molecule has 1 unspecified atom stereocenters. The summed E-state index contributed by atoms with van der Waals surface area (Å²) in [5.74, 6) is -0.162. The maximum Gasteiger partial charge on any atom is 0.226 e. The number of rotatable bonds is 2. The van der Waals surface area contributed by atoms with Gasteiger partial charge in [0.2, 0.25) is 5.91 Å². The van der Waals surface area contributed by atoms with Crippen LogP contribution in [-0.4, -0.2) is 36.2 Å². The molecular weight excluding hydrogens is 120 g/mol. The van der Waals surface area contributed by atoms with Gasteiger partial charge in [0.25, 0.3) is 0 Å². The third-order valence-electron chi connectivity index (χ3n) is 0.883. The topological polar surface area (TPSA) is 66.6 Å². The van der Waals surface area contributed by atoms with Gasteiger partial charge in [0, 0.05) is 14.1 Å². The van der Waals surface area contributed by atoms with Crippen LogP contribution in [0.3, 0.4) is 0 Å². The summed E-state index contributed by atoms with van der Waals surface area (Å²) in [6, 6.07) is 0. The van der Waals surface area contributed by atoms with E-state index < -0.39 is 6.23 Å². The SMILES string of the molecule is CN(C)C(=O)CC(N)O. The van der Waals surface area contributed by atoms with Crippen molar-refractivity contribution in [2.24, 2.45) is 5.73 Å². The van der Waals surface area contributed by atoms with Gasteiger partial charge in [-0.15, -0.1) is 0 Å². The van der Waals surface area contributed by atoms with Crippen molar-refractivity contribution in [3.05, 3.63) is 0 Å². The van der Waals surface area contributed by atoms with Gasteiger partial charge in [-0.1, -0.05) is 0 Å². The molecule has 0 aromatic heterocycles. The Labute approximate surface area is 54.3 Å². The average molecular weight is 132 g/mol. The highest BCUT2D eigenvalue weighted by molar-refractivity contribution is 5.75. The van der Waals surface area contributed by atoms with E-state index in [-0.39, 0.29) is 12.3 Å². The maximum absolute atomic E-state index is 10.6. The lowest BCUT2D eigenvalue weighted by molar-refractivity contribution is -0.130. The molecule has 0 aromatic carbocycles. The molecule has 0 aromatic rings. The van der Waals surface area contributed by atoms with Gasteiger partial charge in [-0.25, -0.2) is 0 Å². The zero-order valence-corrected chi connectivity index (χ0v) is 5.66. The van der Waals surface area contributed by atoms with Crippen LogP contribution in [0.1, 0.15) is 6.42 Å². The molecular formula is C5H12N2O2. The summed E-state index contributed by atoms with van der Waals surface area (Å²) < 4.78 is 0. The van der Waals surface area contributed by atoms with Crippen LogP contribution < -0.4 is 5.73 Å². The largest absolute Gasteiger partial charge is 0.378 e. The van der Waals surface area contributed by atoms with Crippen molar-refractivity contribution >= 4 is 5.91 Å². The predicted octanol–water partition coefficient (Wildman–Crippen LogP) is -1.26. The maximum atomic E-state index is 10.6. The Hall–Kier alpha value is -0.610. The zero-order valence-electron chi connectivity index (χ0n) is 5.66. The van der Waals surface area contributed by atoms with Gasteiger partial charge in [-0.2, -0.15) is 0 Å². The Kier molecular flexibility index (Phi) is 3.19. The summed E-state index contributed by atoms with van der Waals surface area (Å²) in [6.07, 6.45) is -1.03. The van der Waals surface area contributed by atoms with Crippen LogP contribution in [0.15, 0.2) is 0 Å². The van der Waals surface area contributed by atoms with Crippen molar-refractivity contribution in [2.45, 2.75) is 12.6 Å². The summed E-state index contributed by atoms with van der Waals surface area (Å²) in [4.78, 5) is 12.0. The van der Waals surface area contributed by atoms with E-state index in [1.54, 1.807) is 14.1 Å². The number of nitrogens with two attached hydrogens (primary N) is 1. The lowest BCUT2D eigenvalue weighted by Crippen LogP contribution is -2.30. The fraction of sp³-hybridized carbons (Fsp3) is 0.800. The standard InChI is InChI=1S/C5H12N2O2/c1-7(2)5(9)3-4(6)8/h4,8H,3,6H2,1-2H3. The molecule has 4 nitrogen and oxygen atoms in total. The molecule has 54 valence electrons. The van der Waals surface area contributed by atoms with Gasteiger partial charge in [-0.05, 0) is 0 Å². The second-order valence-electron chi connectivity index (χ2n) is 2.06. The van der Waals surface area contributed by atoms with E-state index in [9.17, 15) is 4.79 Å². The van der Waals surface area contributed by atoms with Crippen molar-refractivity contribution in [3.8, 4) is 0 Å². The number of aliphatic hydroxyl groups excluding tert-OH is 1. The molecule has 0 aliphatic carbocycles. The van der Waals surface area contributed by atoms with Gasteiger partial charge in [0.1, 0.15) is 6.23 Å². The van der Waals surface area contributed by atoms with Crippen molar-refractivity contribution in [1.82, 2.24) is 4.90 Å². The molecule has 3 N–H and O–H groups in total. The summed E-state index contributed by atoms with van der Waals surface area (Å²) in [7, 11) is 3.23. The number of carbonyl (C=O) groups excluding carboxylic acids is 1. The van der Waals surface area contributed by atoms with Crippen molar-refractivity contribution in [2.75, 3.05) is 14.1 Å². The minimum atomic E-state index is -1.03. The second-order valence-corrected chi connectivity index (χ2v) is 2.06. The molecule has 0 aliphatic rings. The Balaban J connectivity index is 3.51. The summed E-state index contributed by atoms with van der Waals surface area (Å²) >= 11 is 0. The molecule has 4 heteroatoms. The first-order valence-corrected chi connectivity index (χ1v) is 2.68. The number of hydrogen-bond acceptors (Lipinski definition) is 3. The van der Waals surface area contributed by atoms with Crippen LogP contribution >= 0.6 is 0 Å². The smallest absolute Gasteiger partial charge is 0.226 e. The first-order valence-electron chi connectivity index (χ1n) is 2.68. The van der Waals surface area contributed by atoms with Gasteiger partial charge < -0.3 is 15.7 Å². The Bertz CT molecular complexity index is 101. The highest BCUT2D eigenvalue weighted by Crippen LogP contribution is 1.87. The summed E-state index contributed by atoms with van der Waals surface area (Å²) in [5, 5.41) is 8.50. The Morgan fingerprint density at radius 1 is 1.78 bits per heavy atom. The third-order valence-corrected chi connectivity index (χ3v) is 0.883. The van der Waals surface area contributed by atoms with Gasteiger partial charge in [-0.3, -0.25) is 4.79 Å². The van der Waals surface area contributed by atoms with Crippen molar-refractivity contribution in [3.63, 3.8) is 0 Å². The monoisotopic (exact) mass is 132 g/mol. The van der Waals surface area contributed by atoms with Gasteiger partial charge >= 0.3 is 0 Å². The predicted molar refractivity (Wildman–Crippen MR) is 33.5 cm³/mol. The number of aliphatic hydroxyl groups is 1. The van der Waals surface area contributed by atoms with E-state index in [4.69, 9.17) is 10.8 Å². The summed E-state index contributed by atoms with van der Waals surface area (Å²) in [5.41, 5.74) is 4.94. The highest BCUT2D eigenvalue weighted by Gasteiger charge is 2.06. The normalized spacial score (nSPS) is 12.9. The molecule has 1 atom stereocenters. The first kappa shape index (κ1) is 8.39. The molecule has 0 fully saturated rings. The van der Waals surface area contributed by atoms with Gasteiger partial charge in [0.05, 0.1) is 6.42 Å². The molecule has 9 heavy (non-hydrogen) atoms. The molecule has 0 radical (unpaired) electrons. The molecule has 0 heterocycles. The Morgan fingerprint density at radius 3 is 2.33 bits per heavy atom. The average Bonchev–Trinajstić information content (AvgIpc) is 1.63.